The van der Waals surface area contributed by atoms with Crippen LogP contribution in [0.25, 0.3) is 10.9 Å². The maximum atomic E-state index is 12.2. The van der Waals surface area contributed by atoms with E-state index in [1.807, 2.05) is 31.2 Å². The first kappa shape index (κ1) is 16.1. The smallest absolute Gasteiger partial charge is 0.348 e. The minimum atomic E-state index is -0.493. The molecule has 0 fully saturated rings. The van der Waals surface area contributed by atoms with Gasteiger partial charge in [0.15, 0.2) is 0 Å². The number of ether oxygens (including phenoxy) is 2. The summed E-state index contributed by atoms with van der Waals surface area (Å²) in [5, 5.41) is 2.67. The number of pyridine rings is 1. The van der Waals surface area contributed by atoms with Crippen molar-refractivity contribution in [1.29, 1.82) is 0 Å². The molecule has 3 rings (SSSR count). The van der Waals surface area contributed by atoms with Gasteiger partial charge in [-0.15, -0.1) is 11.3 Å². The number of carbonyl (C=O) groups excluding carboxylic acids is 2. The third kappa shape index (κ3) is 3.00. The van der Waals surface area contributed by atoms with Gasteiger partial charge in [0.05, 0.1) is 23.9 Å². The standard InChI is InChI=1S/C18H15NO4S/c1-11-12-6-3-4-7-13(12)19-14(16(11)18(21)22-2)10-23-17(20)15-8-5-9-24-15/h3-9H,10H2,1-2H3. The molecule has 0 amide bonds. The van der Waals surface area contributed by atoms with Gasteiger partial charge >= 0.3 is 11.9 Å². The Kier molecular flexibility index (Phi) is 4.57. The topological polar surface area (TPSA) is 65.5 Å². The summed E-state index contributed by atoms with van der Waals surface area (Å²) in [6.45, 7) is 1.74. The first-order chi connectivity index (χ1) is 11.6. The largest absolute Gasteiger partial charge is 0.465 e. The zero-order valence-electron chi connectivity index (χ0n) is 13.2. The molecule has 2 heterocycles. The van der Waals surface area contributed by atoms with Gasteiger partial charge in [-0.1, -0.05) is 24.3 Å². The predicted molar refractivity (Wildman–Crippen MR) is 91.3 cm³/mol. The molecule has 0 atom stereocenters. The van der Waals surface area contributed by atoms with Crippen molar-refractivity contribution in [3.8, 4) is 0 Å². The normalized spacial score (nSPS) is 10.6. The lowest BCUT2D eigenvalue weighted by molar-refractivity contribution is 0.0461. The van der Waals surface area contributed by atoms with E-state index in [1.54, 1.807) is 17.5 Å². The van der Waals surface area contributed by atoms with Gasteiger partial charge in [0.25, 0.3) is 0 Å². The van der Waals surface area contributed by atoms with Gasteiger partial charge in [-0.2, -0.15) is 0 Å². The number of hydrogen-bond acceptors (Lipinski definition) is 6. The molecule has 6 heteroatoms. The summed E-state index contributed by atoms with van der Waals surface area (Å²) in [5.74, 6) is -0.929. The average molecular weight is 341 g/mol. The van der Waals surface area contributed by atoms with Gasteiger partial charge in [-0.3, -0.25) is 0 Å². The molecule has 2 aromatic heterocycles. The van der Waals surface area contributed by atoms with Gasteiger partial charge in [-0.05, 0) is 30.0 Å². The summed E-state index contributed by atoms with van der Waals surface area (Å²) in [5.41, 5.74) is 2.23. The highest BCUT2D eigenvalue weighted by molar-refractivity contribution is 7.11. The minimum absolute atomic E-state index is 0.0904. The summed E-state index contributed by atoms with van der Waals surface area (Å²) in [6.07, 6.45) is 0. The van der Waals surface area contributed by atoms with Crippen molar-refractivity contribution in [2.24, 2.45) is 0 Å². The number of aryl methyl sites for hydroxylation is 1. The lowest BCUT2D eigenvalue weighted by Gasteiger charge is -2.13. The van der Waals surface area contributed by atoms with E-state index in [-0.39, 0.29) is 6.61 Å². The molecule has 0 aliphatic carbocycles. The molecule has 0 saturated carbocycles. The maximum absolute atomic E-state index is 12.2. The summed E-state index contributed by atoms with van der Waals surface area (Å²) in [6, 6.07) is 11.0. The van der Waals surface area contributed by atoms with Crippen molar-refractivity contribution < 1.29 is 19.1 Å². The minimum Gasteiger partial charge on any atom is -0.465 e. The highest BCUT2D eigenvalue weighted by Gasteiger charge is 2.20. The summed E-state index contributed by atoms with van der Waals surface area (Å²) >= 11 is 1.30. The molecule has 0 spiro atoms. The summed E-state index contributed by atoms with van der Waals surface area (Å²) in [7, 11) is 1.32. The molecule has 0 radical (unpaired) electrons. The fourth-order valence-electron chi connectivity index (χ4n) is 2.52. The summed E-state index contributed by atoms with van der Waals surface area (Å²) in [4.78, 5) is 29.2. The number of para-hydroxylation sites is 1. The van der Waals surface area contributed by atoms with E-state index < -0.39 is 11.9 Å². The van der Waals surface area contributed by atoms with Crippen molar-refractivity contribution in [2.75, 3.05) is 7.11 Å². The summed E-state index contributed by atoms with van der Waals surface area (Å²) < 4.78 is 10.2. The molecule has 0 aliphatic heterocycles. The SMILES string of the molecule is COC(=O)c1c(COC(=O)c2cccs2)nc2ccccc2c1C. The second-order valence-electron chi connectivity index (χ2n) is 5.12. The van der Waals surface area contributed by atoms with Crippen LogP contribution < -0.4 is 0 Å². The van der Waals surface area contributed by atoms with Crippen LogP contribution >= 0.6 is 11.3 Å². The molecule has 0 N–H and O–H groups in total. The quantitative estimate of drug-likeness (QED) is 0.676. The Balaban J connectivity index is 1.99. The number of esters is 2. The molecule has 0 unspecified atom stereocenters. The highest BCUT2D eigenvalue weighted by Crippen LogP contribution is 2.24. The Morgan fingerprint density at radius 3 is 2.62 bits per heavy atom. The van der Waals surface area contributed by atoms with Gasteiger partial charge < -0.3 is 9.47 Å². The first-order valence-corrected chi connectivity index (χ1v) is 8.17. The van der Waals surface area contributed by atoms with E-state index in [0.29, 0.717) is 16.1 Å². The van der Waals surface area contributed by atoms with E-state index in [4.69, 9.17) is 9.47 Å². The van der Waals surface area contributed by atoms with Gasteiger partial charge in [-0.25, -0.2) is 14.6 Å². The zero-order valence-corrected chi connectivity index (χ0v) is 14.1. The molecular formula is C18H15NO4S. The zero-order chi connectivity index (χ0) is 17.1. The third-order valence-electron chi connectivity index (χ3n) is 3.68. The number of carbonyl (C=O) groups is 2. The molecule has 3 aromatic rings. The third-order valence-corrected chi connectivity index (χ3v) is 4.53. The first-order valence-electron chi connectivity index (χ1n) is 7.29. The van der Waals surface area contributed by atoms with Crippen molar-refractivity contribution in [1.82, 2.24) is 4.98 Å². The Bertz CT molecular complexity index is 903. The number of fused-ring (bicyclic) bond motifs is 1. The van der Waals surface area contributed by atoms with Crippen LogP contribution in [0, 0.1) is 6.92 Å². The van der Waals surface area contributed by atoms with Crippen molar-refractivity contribution in [2.45, 2.75) is 13.5 Å². The second-order valence-corrected chi connectivity index (χ2v) is 6.07. The predicted octanol–water partition coefficient (Wildman–Crippen LogP) is 3.75. The molecule has 0 bridgehead atoms. The van der Waals surface area contributed by atoms with Gasteiger partial charge in [0, 0.05) is 5.39 Å². The van der Waals surface area contributed by atoms with Crippen LogP contribution in [0.5, 0.6) is 0 Å². The van der Waals surface area contributed by atoms with Crippen LogP contribution in [-0.2, 0) is 16.1 Å². The number of hydrogen-bond donors (Lipinski definition) is 0. The molecular weight excluding hydrogens is 326 g/mol. The number of thiophene rings is 1. The Morgan fingerprint density at radius 2 is 1.92 bits per heavy atom. The number of benzene rings is 1. The molecule has 5 nitrogen and oxygen atoms in total. The van der Waals surface area contributed by atoms with E-state index in [1.165, 1.54) is 18.4 Å². The highest BCUT2D eigenvalue weighted by atomic mass is 32.1. The number of aromatic nitrogens is 1. The lowest BCUT2D eigenvalue weighted by atomic mass is 10.0. The molecule has 0 aliphatic rings. The fraction of sp³-hybridized carbons (Fsp3) is 0.167. The van der Waals surface area contributed by atoms with Gasteiger partial charge in [0.2, 0.25) is 0 Å². The Labute approximate surface area is 142 Å². The molecule has 122 valence electrons. The molecule has 24 heavy (non-hydrogen) atoms. The van der Waals surface area contributed by atoms with E-state index in [9.17, 15) is 9.59 Å². The Morgan fingerprint density at radius 1 is 1.12 bits per heavy atom. The van der Waals surface area contributed by atoms with Crippen LogP contribution in [0.1, 0.15) is 31.3 Å². The Hall–Kier alpha value is -2.73. The van der Waals surface area contributed by atoms with Crippen LogP contribution in [0.2, 0.25) is 0 Å². The second kappa shape index (κ2) is 6.80. The van der Waals surface area contributed by atoms with E-state index in [2.05, 4.69) is 4.98 Å². The van der Waals surface area contributed by atoms with Crippen LogP contribution in [0.3, 0.4) is 0 Å². The van der Waals surface area contributed by atoms with Crippen molar-refractivity contribution >= 4 is 34.2 Å². The number of methoxy groups -OCH3 is 1. The molecule has 1 aromatic carbocycles. The fourth-order valence-corrected chi connectivity index (χ4v) is 3.13. The lowest BCUT2D eigenvalue weighted by Crippen LogP contribution is -2.13. The van der Waals surface area contributed by atoms with Crippen molar-refractivity contribution in [3.05, 3.63) is 63.5 Å². The van der Waals surface area contributed by atoms with Gasteiger partial charge in [0.1, 0.15) is 11.5 Å². The van der Waals surface area contributed by atoms with E-state index in [0.717, 1.165) is 16.5 Å². The van der Waals surface area contributed by atoms with Crippen LogP contribution in [0.15, 0.2) is 41.8 Å². The number of nitrogens with zero attached hydrogens (tertiary/aromatic N) is 1. The monoisotopic (exact) mass is 341 g/mol. The average Bonchev–Trinajstić information content (AvgIpc) is 3.14. The maximum Gasteiger partial charge on any atom is 0.348 e. The van der Waals surface area contributed by atoms with Crippen LogP contribution in [0.4, 0.5) is 0 Å². The number of rotatable bonds is 4. The van der Waals surface area contributed by atoms with Crippen LogP contribution in [-0.4, -0.2) is 24.0 Å². The molecule has 0 saturated heterocycles. The van der Waals surface area contributed by atoms with E-state index >= 15 is 0 Å². The van der Waals surface area contributed by atoms with Crippen molar-refractivity contribution in [3.63, 3.8) is 0 Å².